The molecule has 0 saturated carbocycles. The monoisotopic (exact) mass is 348 g/mol. The van der Waals surface area contributed by atoms with E-state index in [9.17, 15) is 4.79 Å². The lowest BCUT2D eigenvalue weighted by atomic mass is 10.1. The first kappa shape index (κ1) is 22.4. The highest BCUT2D eigenvalue weighted by atomic mass is 35.5. The molecule has 5 heteroatoms. The summed E-state index contributed by atoms with van der Waals surface area (Å²) in [4.78, 5) is 11.3. The van der Waals surface area contributed by atoms with Crippen LogP contribution in [0.15, 0.2) is 11.6 Å². The lowest BCUT2D eigenvalue weighted by Gasteiger charge is -2.21. The predicted molar refractivity (Wildman–Crippen MR) is 94.7 cm³/mol. The predicted octanol–water partition coefficient (Wildman–Crippen LogP) is 4.70. The third-order valence-corrected chi connectivity index (χ3v) is 3.57. The minimum atomic E-state index is -0.241. The molecule has 0 aliphatic rings. The first-order valence-corrected chi connectivity index (χ1v) is 9.06. The van der Waals surface area contributed by atoms with Crippen LogP contribution in [0.3, 0.4) is 0 Å². The van der Waals surface area contributed by atoms with E-state index in [-0.39, 0.29) is 18.4 Å². The summed E-state index contributed by atoms with van der Waals surface area (Å²) >= 11 is 5.96. The van der Waals surface area contributed by atoms with Gasteiger partial charge >= 0.3 is 5.97 Å². The molecule has 136 valence electrons. The molecule has 0 aliphatic carbocycles. The maximum absolute atomic E-state index is 11.3. The summed E-state index contributed by atoms with van der Waals surface area (Å²) in [6.07, 6.45) is 4.77. The second kappa shape index (κ2) is 13.8. The molecule has 0 aliphatic heterocycles. The lowest BCUT2D eigenvalue weighted by molar-refractivity contribution is -0.160. The number of esters is 1. The number of alkyl halides is 1. The average Bonchev–Trinajstić information content (AvgIpc) is 2.50. The molecule has 0 fully saturated rings. The molecule has 0 amide bonds. The van der Waals surface area contributed by atoms with Gasteiger partial charge in [0.25, 0.3) is 0 Å². The summed E-state index contributed by atoms with van der Waals surface area (Å²) in [5, 5.41) is 0. The van der Waals surface area contributed by atoms with Gasteiger partial charge in [0.1, 0.15) is 0 Å². The molecule has 0 N–H and O–H groups in total. The smallest absolute Gasteiger partial charge is 0.306 e. The van der Waals surface area contributed by atoms with E-state index in [0.29, 0.717) is 31.4 Å². The number of carbonyl (C=O) groups excluding carboxylic acids is 1. The molecule has 23 heavy (non-hydrogen) atoms. The highest BCUT2D eigenvalue weighted by Crippen LogP contribution is 2.13. The van der Waals surface area contributed by atoms with Crippen molar-refractivity contribution < 1.29 is 19.0 Å². The molecule has 0 saturated heterocycles. The Morgan fingerprint density at radius 3 is 2.48 bits per heavy atom. The molecule has 0 radical (unpaired) electrons. The Kier molecular flexibility index (Phi) is 13.5. The fourth-order valence-electron chi connectivity index (χ4n) is 1.97. The number of rotatable bonds is 13. The fourth-order valence-corrected chi connectivity index (χ4v) is 2.20. The summed E-state index contributed by atoms with van der Waals surface area (Å²) in [6, 6.07) is 0. The van der Waals surface area contributed by atoms with Crippen LogP contribution in [0.25, 0.3) is 0 Å². The van der Waals surface area contributed by atoms with Crippen molar-refractivity contribution in [3.63, 3.8) is 0 Å². The number of hydrogen-bond donors (Lipinski definition) is 0. The Balaban J connectivity index is 4.00. The van der Waals surface area contributed by atoms with Crippen molar-refractivity contribution in [2.75, 3.05) is 19.1 Å². The molecule has 0 bridgehead atoms. The Bertz CT molecular complexity index is 342. The largest absolute Gasteiger partial charge is 0.466 e. The van der Waals surface area contributed by atoms with Gasteiger partial charge in [-0.05, 0) is 46.0 Å². The zero-order valence-electron chi connectivity index (χ0n) is 15.3. The highest BCUT2D eigenvalue weighted by molar-refractivity contribution is 6.18. The molecule has 0 aromatic carbocycles. The second-order valence-electron chi connectivity index (χ2n) is 6.14. The van der Waals surface area contributed by atoms with Crippen molar-refractivity contribution in [3.8, 4) is 0 Å². The Hall–Kier alpha value is -0.580. The molecule has 0 aromatic heterocycles. The maximum Gasteiger partial charge on any atom is 0.306 e. The zero-order valence-corrected chi connectivity index (χ0v) is 16.0. The van der Waals surface area contributed by atoms with Gasteiger partial charge in [-0.1, -0.05) is 25.5 Å². The molecule has 2 unspecified atom stereocenters. The van der Waals surface area contributed by atoms with Crippen LogP contribution in [0.2, 0.25) is 0 Å². The van der Waals surface area contributed by atoms with E-state index in [1.165, 1.54) is 5.57 Å². The van der Waals surface area contributed by atoms with Crippen LogP contribution in [0.5, 0.6) is 0 Å². The Morgan fingerprint density at radius 2 is 1.91 bits per heavy atom. The minimum Gasteiger partial charge on any atom is -0.466 e. The average molecular weight is 349 g/mol. The van der Waals surface area contributed by atoms with Gasteiger partial charge in [-0.3, -0.25) is 4.79 Å². The molecular weight excluding hydrogens is 316 g/mol. The van der Waals surface area contributed by atoms with E-state index < -0.39 is 0 Å². The van der Waals surface area contributed by atoms with Crippen molar-refractivity contribution in [1.29, 1.82) is 0 Å². The standard InChI is InChI=1S/C18H33ClO4/c1-6-21-18(20)11-10-15(4)8-7-9-17(12-19)23-16(5)22-13-14(2)3/h8,14,16-17H,6-7,9-13H2,1-5H3. The maximum atomic E-state index is 11.3. The van der Waals surface area contributed by atoms with Crippen molar-refractivity contribution >= 4 is 17.6 Å². The van der Waals surface area contributed by atoms with Crippen molar-refractivity contribution in [1.82, 2.24) is 0 Å². The quantitative estimate of drug-likeness (QED) is 0.209. The lowest BCUT2D eigenvalue weighted by Crippen LogP contribution is -2.24. The molecule has 0 spiro atoms. The number of hydrogen-bond acceptors (Lipinski definition) is 4. The van der Waals surface area contributed by atoms with Crippen LogP contribution in [-0.4, -0.2) is 37.5 Å². The molecular formula is C18H33ClO4. The van der Waals surface area contributed by atoms with Crippen LogP contribution in [0, 0.1) is 5.92 Å². The third-order valence-electron chi connectivity index (χ3n) is 3.23. The van der Waals surface area contributed by atoms with Gasteiger partial charge in [0.05, 0.1) is 19.3 Å². The van der Waals surface area contributed by atoms with E-state index in [2.05, 4.69) is 19.9 Å². The Labute approximate surface area is 146 Å². The van der Waals surface area contributed by atoms with Crippen molar-refractivity contribution in [2.45, 2.75) is 72.7 Å². The molecule has 0 heterocycles. The minimum absolute atomic E-state index is 0.0204. The first-order valence-electron chi connectivity index (χ1n) is 8.53. The third kappa shape index (κ3) is 13.5. The topological polar surface area (TPSA) is 44.8 Å². The molecule has 2 atom stereocenters. The summed E-state index contributed by atoms with van der Waals surface area (Å²) < 4.78 is 16.3. The van der Waals surface area contributed by atoms with Crippen LogP contribution < -0.4 is 0 Å². The molecule has 4 nitrogen and oxygen atoms in total. The van der Waals surface area contributed by atoms with E-state index in [1.807, 2.05) is 20.8 Å². The van der Waals surface area contributed by atoms with E-state index in [4.69, 9.17) is 25.8 Å². The van der Waals surface area contributed by atoms with E-state index >= 15 is 0 Å². The number of carbonyl (C=O) groups is 1. The van der Waals surface area contributed by atoms with Crippen LogP contribution in [0.4, 0.5) is 0 Å². The molecule has 0 aromatic rings. The SMILES string of the molecule is CCOC(=O)CCC(C)=CCCC(CCl)OC(C)OCC(C)C. The summed E-state index contributed by atoms with van der Waals surface area (Å²) in [7, 11) is 0. The van der Waals surface area contributed by atoms with Gasteiger partial charge in [0.2, 0.25) is 0 Å². The summed E-state index contributed by atoms with van der Waals surface area (Å²) in [5.41, 5.74) is 1.19. The van der Waals surface area contributed by atoms with Gasteiger partial charge in [0.15, 0.2) is 6.29 Å². The first-order chi connectivity index (χ1) is 10.9. The Morgan fingerprint density at radius 1 is 1.22 bits per heavy atom. The second-order valence-corrected chi connectivity index (χ2v) is 6.45. The zero-order chi connectivity index (χ0) is 17.7. The molecule has 0 rings (SSSR count). The van der Waals surface area contributed by atoms with Gasteiger partial charge < -0.3 is 14.2 Å². The summed E-state index contributed by atoms with van der Waals surface area (Å²) in [6.45, 7) is 11.1. The highest BCUT2D eigenvalue weighted by Gasteiger charge is 2.12. The van der Waals surface area contributed by atoms with Crippen molar-refractivity contribution in [2.24, 2.45) is 5.92 Å². The van der Waals surface area contributed by atoms with Crippen molar-refractivity contribution in [3.05, 3.63) is 11.6 Å². The van der Waals surface area contributed by atoms with Gasteiger partial charge in [-0.25, -0.2) is 0 Å². The fraction of sp³-hybridized carbons (Fsp3) is 0.833. The number of halogens is 1. The van der Waals surface area contributed by atoms with Gasteiger partial charge in [-0.15, -0.1) is 11.6 Å². The van der Waals surface area contributed by atoms with E-state index in [0.717, 1.165) is 19.3 Å². The van der Waals surface area contributed by atoms with Crippen LogP contribution in [-0.2, 0) is 19.0 Å². The van der Waals surface area contributed by atoms with Crippen LogP contribution >= 0.6 is 11.6 Å². The summed E-state index contributed by atoms with van der Waals surface area (Å²) in [5.74, 6) is 0.796. The number of ether oxygens (including phenoxy) is 3. The van der Waals surface area contributed by atoms with Gasteiger partial charge in [0, 0.05) is 12.3 Å². The normalized spacial score (nSPS) is 14.8. The van der Waals surface area contributed by atoms with Gasteiger partial charge in [-0.2, -0.15) is 0 Å². The number of allylic oxidation sites excluding steroid dienone is 2. The van der Waals surface area contributed by atoms with Crippen LogP contribution in [0.1, 0.15) is 60.3 Å². The van der Waals surface area contributed by atoms with E-state index in [1.54, 1.807) is 0 Å².